The van der Waals surface area contributed by atoms with E-state index >= 15 is 0 Å². The molecule has 1 heterocycles. The number of hydrogen-bond acceptors (Lipinski definition) is 5. The van der Waals surface area contributed by atoms with Crippen LogP contribution in [0.15, 0.2) is 0 Å². The molecular formula is C12H17ClN4O2. The first-order chi connectivity index (χ1) is 8.99. The maximum Gasteiger partial charge on any atom is 0.239 e. The van der Waals surface area contributed by atoms with Crippen molar-refractivity contribution < 1.29 is 9.59 Å². The zero-order chi connectivity index (χ0) is 14.4. The van der Waals surface area contributed by atoms with E-state index in [4.69, 9.17) is 11.6 Å². The highest BCUT2D eigenvalue weighted by Crippen LogP contribution is 2.21. The minimum atomic E-state index is -0.131. The molecule has 1 rings (SSSR count). The van der Waals surface area contributed by atoms with E-state index in [0.717, 1.165) is 6.42 Å². The van der Waals surface area contributed by atoms with E-state index in [1.165, 1.54) is 0 Å². The van der Waals surface area contributed by atoms with Crippen LogP contribution in [0.25, 0.3) is 0 Å². The average Bonchev–Trinajstić information content (AvgIpc) is 2.35. The van der Waals surface area contributed by atoms with E-state index in [1.807, 2.05) is 6.92 Å². The van der Waals surface area contributed by atoms with Crippen molar-refractivity contribution in [3.05, 3.63) is 16.5 Å². The summed E-state index contributed by atoms with van der Waals surface area (Å²) in [4.78, 5) is 32.3. The highest BCUT2D eigenvalue weighted by Gasteiger charge is 2.16. The summed E-state index contributed by atoms with van der Waals surface area (Å²) in [6, 6.07) is 0. The third kappa shape index (κ3) is 4.17. The quantitative estimate of drug-likeness (QED) is 0.628. The van der Waals surface area contributed by atoms with Crippen molar-refractivity contribution in [2.75, 3.05) is 25.0 Å². The van der Waals surface area contributed by atoms with E-state index in [-0.39, 0.29) is 23.2 Å². The maximum atomic E-state index is 11.6. The number of aromatic nitrogens is 2. The molecule has 0 saturated heterocycles. The van der Waals surface area contributed by atoms with Crippen LogP contribution in [-0.4, -0.2) is 42.3 Å². The minimum absolute atomic E-state index is 0.0957. The van der Waals surface area contributed by atoms with Gasteiger partial charge in [-0.05, 0) is 13.3 Å². The Balaban J connectivity index is 2.90. The standard InChI is InChI=1S/C12H17ClN4O2/c1-4-5-14-10(19)6-17(3)12-9(7-18)11(13)15-8(2)16-12/h7H,4-6H2,1-3H3,(H,14,19). The molecule has 0 aromatic carbocycles. The lowest BCUT2D eigenvalue weighted by atomic mass is 10.3. The molecule has 1 aromatic rings. The second-order valence-electron chi connectivity index (χ2n) is 4.12. The van der Waals surface area contributed by atoms with Crippen LogP contribution in [0.3, 0.4) is 0 Å². The molecule has 6 nitrogen and oxygen atoms in total. The summed E-state index contributed by atoms with van der Waals surface area (Å²) in [6.45, 7) is 4.38. The van der Waals surface area contributed by atoms with Gasteiger partial charge in [-0.2, -0.15) is 0 Å². The lowest BCUT2D eigenvalue weighted by molar-refractivity contribution is -0.119. The van der Waals surface area contributed by atoms with Crippen molar-refractivity contribution in [1.29, 1.82) is 0 Å². The molecule has 0 bridgehead atoms. The molecule has 7 heteroatoms. The second-order valence-corrected chi connectivity index (χ2v) is 4.48. The molecule has 0 spiro atoms. The molecule has 0 aliphatic carbocycles. The van der Waals surface area contributed by atoms with Gasteiger partial charge in [0.2, 0.25) is 5.91 Å². The van der Waals surface area contributed by atoms with Gasteiger partial charge < -0.3 is 10.2 Å². The number of aryl methyl sites for hydroxylation is 1. The van der Waals surface area contributed by atoms with Crippen molar-refractivity contribution in [2.45, 2.75) is 20.3 Å². The first-order valence-electron chi connectivity index (χ1n) is 5.96. The number of carbonyl (C=O) groups excluding carboxylic acids is 2. The van der Waals surface area contributed by atoms with Crippen molar-refractivity contribution in [2.24, 2.45) is 0 Å². The lowest BCUT2D eigenvalue weighted by Crippen LogP contribution is -2.36. The van der Waals surface area contributed by atoms with E-state index in [1.54, 1.807) is 18.9 Å². The van der Waals surface area contributed by atoms with Gasteiger partial charge >= 0.3 is 0 Å². The molecule has 19 heavy (non-hydrogen) atoms. The Morgan fingerprint density at radius 3 is 2.74 bits per heavy atom. The summed E-state index contributed by atoms with van der Waals surface area (Å²) in [5.41, 5.74) is 0.193. The van der Waals surface area contributed by atoms with E-state index in [0.29, 0.717) is 24.5 Å². The number of aldehydes is 1. The Hall–Kier alpha value is -1.69. The Morgan fingerprint density at radius 1 is 1.47 bits per heavy atom. The topological polar surface area (TPSA) is 75.2 Å². The third-order valence-corrected chi connectivity index (χ3v) is 2.71. The van der Waals surface area contributed by atoms with E-state index in [9.17, 15) is 9.59 Å². The third-order valence-electron chi connectivity index (χ3n) is 2.42. The van der Waals surface area contributed by atoms with Crippen molar-refractivity contribution in [3.8, 4) is 0 Å². The molecule has 1 amide bonds. The van der Waals surface area contributed by atoms with Gasteiger partial charge in [-0.15, -0.1) is 0 Å². The molecule has 0 radical (unpaired) electrons. The van der Waals surface area contributed by atoms with Crippen molar-refractivity contribution >= 4 is 29.6 Å². The lowest BCUT2D eigenvalue weighted by Gasteiger charge is -2.19. The zero-order valence-corrected chi connectivity index (χ0v) is 12.0. The number of anilines is 1. The van der Waals surface area contributed by atoms with Crippen LogP contribution in [0, 0.1) is 6.92 Å². The maximum absolute atomic E-state index is 11.6. The normalized spacial score (nSPS) is 10.1. The molecule has 0 aliphatic rings. The SMILES string of the molecule is CCCNC(=O)CN(C)c1nc(C)nc(Cl)c1C=O. The molecule has 0 saturated carbocycles. The summed E-state index contributed by atoms with van der Waals surface area (Å²) in [5, 5.41) is 2.85. The molecule has 0 aliphatic heterocycles. The number of halogens is 1. The van der Waals surface area contributed by atoms with E-state index in [2.05, 4.69) is 15.3 Å². The average molecular weight is 285 g/mol. The molecule has 1 aromatic heterocycles. The highest BCUT2D eigenvalue weighted by atomic mass is 35.5. The second kappa shape index (κ2) is 7.04. The largest absolute Gasteiger partial charge is 0.355 e. The predicted molar refractivity (Wildman–Crippen MR) is 73.7 cm³/mol. The van der Waals surface area contributed by atoms with Gasteiger partial charge in [0.1, 0.15) is 16.8 Å². The number of amides is 1. The number of nitrogens with zero attached hydrogens (tertiary/aromatic N) is 3. The van der Waals surface area contributed by atoms with Crippen LogP contribution in [0.4, 0.5) is 5.82 Å². The summed E-state index contributed by atoms with van der Waals surface area (Å²) < 4.78 is 0. The molecular weight excluding hydrogens is 268 g/mol. The Kier molecular flexibility index (Phi) is 5.69. The fourth-order valence-electron chi connectivity index (χ4n) is 1.54. The van der Waals surface area contributed by atoms with E-state index < -0.39 is 0 Å². The van der Waals surface area contributed by atoms with Gasteiger partial charge in [0.25, 0.3) is 0 Å². The van der Waals surface area contributed by atoms with Gasteiger partial charge in [-0.1, -0.05) is 18.5 Å². The summed E-state index contributed by atoms with van der Waals surface area (Å²) in [7, 11) is 1.68. The van der Waals surface area contributed by atoms with Crippen LogP contribution in [-0.2, 0) is 4.79 Å². The molecule has 104 valence electrons. The van der Waals surface area contributed by atoms with Gasteiger partial charge in [-0.3, -0.25) is 9.59 Å². The van der Waals surface area contributed by atoms with Crippen LogP contribution < -0.4 is 10.2 Å². The van der Waals surface area contributed by atoms with Gasteiger partial charge in [-0.25, -0.2) is 9.97 Å². The Morgan fingerprint density at radius 2 is 2.16 bits per heavy atom. The van der Waals surface area contributed by atoms with Crippen LogP contribution >= 0.6 is 11.6 Å². The molecule has 0 atom stereocenters. The molecule has 0 unspecified atom stereocenters. The first kappa shape index (κ1) is 15.4. The van der Waals surface area contributed by atoms with Gasteiger partial charge in [0.15, 0.2) is 6.29 Å². The summed E-state index contributed by atoms with van der Waals surface area (Å²) in [6.07, 6.45) is 1.46. The van der Waals surface area contributed by atoms with Crippen LogP contribution in [0.1, 0.15) is 29.5 Å². The fraction of sp³-hybridized carbons (Fsp3) is 0.500. The van der Waals surface area contributed by atoms with Gasteiger partial charge in [0.05, 0.1) is 12.1 Å². The van der Waals surface area contributed by atoms with Crippen molar-refractivity contribution in [3.63, 3.8) is 0 Å². The number of carbonyl (C=O) groups is 2. The number of nitrogens with one attached hydrogen (secondary N) is 1. The summed E-state index contributed by atoms with van der Waals surface area (Å²) >= 11 is 5.89. The van der Waals surface area contributed by atoms with Crippen molar-refractivity contribution in [1.82, 2.24) is 15.3 Å². The minimum Gasteiger partial charge on any atom is -0.355 e. The number of hydrogen-bond donors (Lipinski definition) is 1. The molecule has 1 N–H and O–H groups in total. The zero-order valence-electron chi connectivity index (χ0n) is 11.2. The Labute approximate surface area is 117 Å². The first-order valence-corrected chi connectivity index (χ1v) is 6.34. The highest BCUT2D eigenvalue weighted by molar-refractivity contribution is 6.32. The van der Waals surface area contributed by atoms with Crippen LogP contribution in [0.5, 0.6) is 0 Å². The Bertz CT molecular complexity index is 479. The molecule has 0 fully saturated rings. The smallest absolute Gasteiger partial charge is 0.239 e. The van der Waals surface area contributed by atoms with Gasteiger partial charge in [0, 0.05) is 13.6 Å². The van der Waals surface area contributed by atoms with Crippen LogP contribution in [0.2, 0.25) is 5.15 Å². The monoisotopic (exact) mass is 284 g/mol. The predicted octanol–water partition coefficient (Wildman–Crippen LogP) is 1.21. The number of likely N-dealkylation sites (N-methyl/N-ethyl adjacent to an activating group) is 1. The number of rotatable bonds is 6. The summed E-state index contributed by atoms with van der Waals surface area (Å²) in [5.74, 6) is 0.680. The fourth-order valence-corrected chi connectivity index (χ4v) is 1.79.